The number of hydrogen-bond acceptors (Lipinski definition) is 4. The first-order valence-electron chi connectivity index (χ1n) is 4.73. The Morgan fingerprint density at radius 3 is 3.21 bits per heavy atom. The van der Waals surface area contributed by atoms with Crippen molar-refractivity contribution >= 4 is 17.7 Å². The van der Waals surface area contributed by atoms with Crippen LogP contribution in [0, 0.1) is 11.3 Å². The molecule has 0 aromatic heterocycles. The molecule has 1 heterocycles. The number of hydrogen-bond donors (Lipinski definition) is 2. The molecule has 5 heteroatoms. The van der Waals surface area contributed by atoms with E-state index in [1.165, 1.54) is 0 Å². The zero-order chi connectivity index (χ0) is 10.4. The monoisotopic (exact) mass is 213 g/mol. The summed E-state index contributed by atoms with van der Waals surface area (Å²) in [5.74, 6) is 1.02. The molecule has 1 aliphatic heterocycles. The molecule has 0 aliphatic carbocycles. The van der Waals surface area contributed by atoms with E-state index < -0.39 is 0 Å². The first kappa shape index (κ1) is 11.3. The van der Waals surface area contributed by atoms with E-state index in [1.54, 1.807) is 11.8 Å². The fourth-order valence-corrected chi connectivity index (χ4v) is 2.26. The first-order chi connectivity index (χ1) is 6.74. The molecule has 1 aliphatic rings. The van der Waals surface area contributed by atoms with E-state index in [2.05, 4.69) is 10.6 Å². The van der Waals surface area contributed by atoms with E-state index in [-0.39, 0.29) is 17.2 Å². The predicted molar refractivity (Wildman–Crippen MR) is 57.0 cm³/mol. The van der Waals surface area contributed by atoms with Crippen LogP contribution in [0.15, 0.2) is 0 Å². The Labute approximate surface area is 88.4 Å². The van der Waals surface area contributed by atoms with Crippen molar-refractivity contribution in [2.75, 3.05) is 18.8 Å². The molecular weight excluding hydrogens is 198 g/mol. The third-order valence-corrected chi connectivity index (χ3v) is 3.23. The van der Waals surface area contributed by atoms with E-state index in [0.717, 1.165) is 18.8 Å². The van der Waals surface area contributed by atoms with Crippen LogP contribution in [0.3, 0.4) is 0 Å². The van der Waals surface area contributed by atoms with Crippen LogP contribution in [0.25, 0.3) is 0 Å². The largest absolute Gasteiger partial charge is 0.352 e. The second-order valence-electron chi connectivity index (χ2n) is 3.34. The lowest BCUT2D eigenvalue weighted by Gasteiger charge is -2.22. The molecule has 2 atom stereocenters. The summed E-state index contributed by atoms with van der Waals surface area (Å²) in [5, 5.41) is 14.4. The molecule has 1 fully saturated rings. The van der Waals surface area contributed by atoms with Crippen LogP contribution in [0.1, 0.15) is 13.3 Å². The summed E-state index contributed by atoms with van der Waals surface area (Å²) < 4.78 is 0. The van der Waals surface area contributed by atoms with Crippen molar-refractivity contribution in [3.05, 3.63) is 0 Å². The van der Waals surface area contributed by atoms with Crippen LogP contribution in [-0.2, 0) is 4.79 Å². The summed E-state index contributed by atoms with van der Waals surface area (Å²) in [6, 6.07) is 1.99. The number of nitrogens with zero attached hydrogens (tertiary/aromatic N) is 1. The van der Waals surface area contributed by atoms with Gasteiger partial charge in [-0.3, -0.25) is 4.79 Å². The van der Waals surface area contributed by atoms with Gasteiger partial charge in [-0.15, -0.1) is 11.8 Å². The van der Waals surface area contributed by atoms with Gasteiger partial charge in [-0.25, -0.2) is 0 Å². The highest BCUT2D eigenvalue weighted by Gasteiger charge is 2.22. The van der Waals surface area contributed by atoms with Crippen molar-refractivity contribution < 1.29 is 4.79 Å². The van der Waals surface area contributed by atoms with E-state index in [1.807, 2.05) is 13.0 Å². The van der Waals surface area contributed by atoms with Crippen LogP contribution in [0.5, 0.6) is 0 Å². The fraction of sp³-hybridized carbons (Fsp3) is 0.778. The van der Waals surface area contributed by atoms with Gasteiger partial charge in [0.15, 0.2) is 0 Å². The molecule has 0 aromatic rings. The number of amides is 1. The van der Waals surface area contributed by atoms with Gasteiger partial charge in [-0.2, -0.15) is 5.26 Å². The zero-order valence-corrected chi connectivity index (χ0v) is 9.06. The van der Waals surface area contributed by atoms with E-state index in [9.17, 15) is 4.79 Å². The Kier molecular flexibility index (Phi) is 4.77. The van der Waals surface area contributed by atoms with Gasteiger partial charge in [0.1, 0.15) is 0 Å². The summed E-state index contributed by atoms with van der Waals surface area (Å²) in [5.41, 5.74) is 0. The van der Waals surface area contributed by atoms with Crippen LogP contribution in [0.2, 0.25) is 0 Å². The van der Waals surface area contributed by atoms with Crippen LogP contribution in [0.4, 0.5) is 0 Å². The van der Waals surface area contributed by atoms with E-state index in [4.69, 9.17) is 5.26 Å². The quantitative estimate of drug-likeness (QED) is 0.698. The van der Waals surface area contributed by atoms with Crippen molar-refractivity contribution in [3.8, 4) is 6.07 Å². The molecule has 1 saturated heterocycles. The number of nitrogens with one attached hydrogen (secondary N) is 2. The number of carbonyl (C=O) groups is 1. The molecule has 0 bridgehead atoms. The van der Waals surface area contributed by atoms with Crippen molar-refractivity contribution in [2.24, 2.45) is 0 Å². The Hall–Kier alpha value is -0.730. The average molecular weight is 213 g/mol. The molecule has 0 spiro atoms. The maximum atomic E-state index is 11.6. The minimum Gasteiger partial charge on any atom is -0.352 e. The Morgan fingerprint density at radius 2 is 2.64 bits per heavy atom. The molecule has 2 unspecified atom stereocenters. The molecule has 0 radical (unpaired) electrons. The lowest BCUT2D eigenvalue weighted by atomic mass is 10.2. The van der Waals surface area contributed by atoms with Crippen LogP contribution in [-0.4, -0.2) is 36.0 Å². The fourth-order valence-electron chi connectivity index (χ4n) is 1.26. The molecule has 4 nitrogen and oxygen atoms in total. The molecule has 2 N–H and O–H groups in total. The third kappa shape index (κ3) is 3.56. The zero-order valence-electron chi connectivity index (χ0n) is 8.25. The normalized spacial score (nSPS) is 23.6. The van der Waals surface area contributed by atoms with Crippen molar-refractivity contribution in [1.82, 2.24) is 10.6 Å². The van der Waals surface area contributed by atoms with Crippen molar-refractivity contribution in [2.45, 2.75) is 24.6 Å². The minimum absolute atomic E-state index is 0.00453. The first-order valence-corrected chi connectivity index (χ1v) is 5.78. The smallest absolute Gasteiger partial charge is 0.234 e. The summed E-state index contributed by atoms with van der Waals surface area (Å²) >= 11 is 1.67. The van der Waals surface area contributed by atoms with E-state index >= 15 is 0 Å². The van der Waals surface area contributed by atoms with Gasteiger partial charge in [0.2, 0.25) is 5.91 Å². The summed E-state index contributed by atoms with van der Waals surface area (Å²) in [4.78, 5) is 11.6. The molecule has 14 heavy (non-hydrogen) atoms. The Balaban J connectivity index is 2.30. The van der Waals surface area contributed by atoms with Crippen molar-refractivity contribution in [1.29, 1.82) is 5.26 Å². The number of carbonyl (C=O) groups excluding carboxylic acids is 1. The SMILES string of the molecule is CC(CC#N)NC(=O)C1CNCCS1. The molecule has 78 valence electrons. The maximum absolute atomic E-state index is 11.6. The molecular formula is C9H15N3OS. The summed E-state index contributed by atoms with van der Waals surface area (Å²) in [6.07, 6.45) is 0.372. The average Bonchev–Trinajstić information content (AvgIpc) is 2.19. The van der Waals surface area contributed by atoms with Gasteiger partial charge in [-0.05, 0) is 6.92 Å². The van der Waals surface area contributed by atoms with Gasteiger partial charge in [0.25, 0.3) is 0 Å². The standard InChI is InChI=1S/C9H15N3OS/c1-7(2-3-10)12-9(13)8-6-11-4-5-14-8/h7-8,11H,2,4-6H2,1H3,(H,12,13). The second kappa shape index (κ2) is 5.89. The highest BCUT2D eigenvalue weighted by atomic mass is 32.2. The van der Waals surface area contributed by atoms with E-state index in [0.29, 0.717) is 6.42 Å². The Bertz CT molecular complexity index is 233. The highest BCUT2D eigenvalue weighted by molar-refractivity contribution is 8.00. The third-order valence-electron chi connectivity index (χ3n) is 2.01. The maximum Gasteiger partial charge on any atom is 0.234 e. The van der Waals surface area contributed by atoms with Gasteiger partial charge in [0, 0.05) is 24.9 Å². The lowest BCUT2D eigenvalue weighted by Crippen LogP contribution is -2.45. The van der Waals surface area contributed by atoms with Gasteiger partial charge in [0.05, 0.1) is 17.7 Å². The molecule has 0 saturated carbocycles. The number of thioether (sulfide) groups is 1. The van der Waals surface area contributed by atoms with Crippen LogP contribution >= 0.6 is 11.8 Å². The molecule has 0 aromatic carbocycles. The lowest BCUT2D eigenvalue weighted by molar-refractivity contribution is -0.121. The number of nitriles is 1. The second-order valence-corrected chi connectivity index (χ2v) is 4.65. The predicted octanol–water partition coefficient (Wildman–Crippen LogP) is 0.110. The van der Waals surface area contributed by atoms with Crippen LogP contribution < -0.4 is 10.6 Å². The number of rotatable bonds is 3. The minimum atomic E-state index is -0.0463. The van der Waals surface area contributed by atoms with Gasteiger partial charge < -0.3 is 10.6 Å². The molecule has 1 amide bonds. The Morgan fingerprint density at radius 1 is 1.86 bits per heavy atom. The highest BCUT2D eigenvalue weighted by Crippen LogP contribution is 2.13. The molecule has 1 rings (SSSR count). The van der Waals surface area contributed by atoms with Crippen molar-refractivity contribution in [3.63, 3.8) is 0 Å². The summed E-state index contributed by atoms with van der Waals surface area (Å²) in [6.45, 7) is 3.56. The van der Waals surface area contributed by atoms with Gasteiger partial charge in [-0.1, -0.05) is 0 Å². The van der Waals surface area contributed by atoms with Gasteiger partial charge >= 0.3 is 0 Å². The summed E-state index contributed by atoms with van der Waals surface area (Å²) in [7, 11) is 0. The topological polar surface area (TPSA) is 64.9 Å².